The normalized spacial score (nSPS) is 27.5. The Kier molecular flexibility index (Phi) is 5.67. The molecule has 4 nitrogen and oxygen atoms in total. The summed E-state index contributed by atoms with van der Waals surface area (Å²) >= 11 is 0. The van der Waals surface area contributed by atoms with Crippen LogP contribution in [0.4, 0.5) is 0 Å². The number of carbonyl (C=O) groups is 1. The van der Waals surface area contributed by atoms with Gasteiger partial charge in [-0.1, -0.05) is 33.1 Å². The second-order valence-corrected chi connectivity index (χ2v) is 7.87. The van der Waals surface area contributed by atoms with Gasteiger partial charge in [0.05, 0.1) is 6.54 Å². The van der Waals surface area contributed by atoms with E-state index in [1.807, 2.05) is 11.9 Å². The quantitative estimate of drug-likeness (QED) is 0.864. The summed E-state index contributed by atoms with van der Waals surface area (Å²) in [6.45, 7) is 7.79. The van der Waals surface area contributed by atoms with Gasteiger partial charge in [0.15, 0.2) is 0 Å². The molecular weight excluding hydrogens is 262 g/mol. The zero-order valence-electron chi connectivity index (χ0n) is 14.1. The predicted octanol–water partition coefficient (Wildman–Crippen LogP) is 2.08. The number of likely N-dealkylation sites (N-methyl/N-ethyl adjacent to an activating group) is 1. The Balaban J connectivity index is 1.77. The van der Waals surface area contributed by atoms with Crippen molar-refractivity contribution in [1.82, 2.24) is 9.80 Å². The molecule has 21 heavy (non-hydrogen) atoms. The average Bonchev–Trinajstić information content (AvgIpc) is 2.43. The molecule has 1 aliphatic carbocycles. The number of hydrogen-bond acceptors (Lipinski definition) is 3. The first kappa shape index (κ1) is 16.8. The number of likely N-dealkylation sites (tertiary alicyclic amines) is 1. The Bertz CT molecular complexity index is 350. The van der Waals surface area contributed by atoms with E-state index < -0.39 is 0 Å². The monoisotopic (exact) mass is 295 g/mol. The molecule has 1 atom stereocenters. The minimum absolute atomic E-state index is 0.112. The van der Waals surface area contributed by atoms with Crippen molar-refractivity contribution < 1.29 is 4.79 Å². The first-order chi connectivity index (χ1) is 9.88. The van der Waals surface area contributed by atoms with Crippen LogP contribution in [0.5, 0.6) is 0 Å². The minimum Gasteiger partial charge on any atom is -0.344 e. The summed E-state index contributed by atoms with van der Waals surface area (Å²) in [6, 6.07) is 0.254. The van der Waals surface area contributed by atoms with Crippen molar-refractivity contribution in [3.63, 3.8) is 0 Å². The maximum atomic E-state index is 12.4. The van der Waals surface area contributed by atoms with E-state index in [4.69, 9.17) is 5.73 Å². The molecule has 1 unspecified atom stereocenters. The summed E-state index contributed by atoms with van der Waals surface area (Å²) in [4.78, 5) is 16.7. The zero-order valence-corrected chi connectivity index (χ0v) is 14.1. The van der Waals surface area contributed by atoms with Gasteiger partial charge in [0.2, 0.25) is 5.91 Å². The predicted molar refractivity (Wildman–Crippen MR) is 87.0 cm³/mol. The topological polar surface area (TPSA) is 49.6 Å². The van der Waals surface area contributed by atoms with E-state index in [2.05, 4.69) is 18.7 Å². The van der Waals surface area contributed by atoms with Gasteiger partial charge in [-0.05, 0) is 30.6 Å². The van der Waals surface area contributed by atoms with Crippen LogP contribution in [0.25, 0.3) is 0 Å². The molecule has 1 saturated carbocycles. The lowest BCUT2D eigenvalue weighted by Crippen LogP contribution is -2.54. The van der Waals surface area contributed by atoms with E-state index in [0.29, 0.717) is 6.54 Å². The van der Waals surface area contributed by atoms with Crippen molar-refractivity contribution in [1.29, 1.82) is 0 Å². The van der Waals surface area contributed by atoms with Crippen molar-refractivity contribution >= 4 is 5.91 Å². The van der Waals surface area contributed by atoms with Crippen molar-refractivity contribution in [2.24, 2.45) is 17.1 Å². The highest BCUT2D eigenvalue weighted by atomic mass is 16.2. The largest absolute Gasteiger partial charge is 0.344 e. The van der Waals surface area contributed by atoms with Crippen LogP contribution < -0.4 is 5.73 Å². The van der Waals surface area contributed by atoms with Crippen molar-refractivity contribution in [2.45, 2.75) is 58.4 Å². The van der Waals surface area contributed by atoms with Crippen LogP contribution in [0.1, 0.15) is 52.4 Å². The van der Waals surface area contributed by atoms with E-state index in [9.17, 15) is 4.79 Å². The number of piperidine rings is 1. The van der Waals surface area contributed by atoms with Gasteiger partial charge >= 0.3 is 0 Å². The number of carbonyl (C=O) groups excluding carboxylic acids is 1. The summed E-state index contributed by atoms with van der Waals surface area (Å²) in [6.07, 6.45) is 7.63. The van der Waals surface area contributed by atoms with Crippen molar-refractivity contribution in [3.8, 4) is 0 Å². The number of nitrogens with zero attached hydrogens (tertiary/aromatic N) is 2. The van der Waals surface area contributed by atoms with Gasteiger partial charge in [0.25, 0.3) is 0 Å². The Morgan fingerprint density at radius 2 is 1.90 bits per heavy atom. The molecule has 2 aliphatic rings. The van der Waals surface area contributed by atoms with Gasteiger partial charge in [-0.15, -0.1) is 0 Å². The molecule has 1 heterocycles. The van der Waals surface area contributed by atoms with E-state index in [1.165, 1.54) is 32.1 Å². The van der Waals surface area contributed by atoms with Gasteiger partial charge < -0.3 is 10.6 Å². The molecule has 0 aromatic heterocycles. The smallest absolute Gasteiger partial charge is 0.236 e. The summed E-state index contributed by atoms with van der Waals surface area (Å²) < 4.78 is 0. The van der Waals surface area contributed by atoms with Gasteiger partial charge in [-0.3, -0.25) is 9.69 Å². The van der Waals surface area contributed by atoms with Gasteiger partial charge in [0.1, 0.15) is 0 Å². The molecular formula is C17H33N3O. The Morgan fingerprint density at radius 1 is 1.24 bits per heavy atom. The molecule has 122 valence electrons. The van der Waals surface area contributed by atoms with Crippen LogP contribution in [0.2, 0.25) is 0 Å². The first-order valence-corrected chi connectivity index (χ1v) is 8.60. The van der Waals surface area contributed by atoms with Crippen LogP contribution in [0.15, 0.2) is 0 Å². The molecule has 2 fully saturated rings. The third-order valence-corrected chi connectivity index (χ3v) is 5.43. The first-order valence-electron chi connectivity index (χ1n) is 8.60. The van der Waals surface area contributed by atoms with Crippen LogP contribution in [-0.2, 0) is 4.79 Å². The maximum Gasteiger partial charge on any atom is 0.236 e. The van der Waals surface area contributed by atoms with Crippen LogP contribution in [0, 0.1) is 11.3 Å². The fraction of sp³-hybridized carbons (Fsp3) is 0.941. The highest BCUT2D eigenvalue weighted by molar-refractivity contribution is 5.78. The summed E-state index contributed by atoms with van der Waals surface area (Å²) in [5.41, 5.74) is 6.28. The highest BCUT2D eigenvalue weighted by Crippen LogP contribution is 2.28. The summed E-state index contributed by atoms with van der Waals surface area (Å²) in [5.74, 6) is 0.991. The average molecular weight is 295 g/mol. The zero-order chi connectivity index (χ0) is 15.5. The van der Waals surface area contributed by atoms with Gasteiger partial charge in [-0.25, -0.2) is 0 Å². The Labute approximate surface area is 130 Å². The summed E-state index contributed by atoms with van der Waals surface area (Å²) in [5, 5.41) is 0. The molecule has 0 spiro atoms. The third-order valence-electron chi connectivity index (χ3n) is 5.43. The Morgan fingerprint density at radius 3 is 2.52 bits per heavy atom. The molecule has 1 amide bonds. The molecule has 0 aromatic rings. The fourth-order valence-corrected chi connectivity index (χ4v) is 3.79. The fourth-order valence-electron chi connectivity index (χ4n) is 3.79. The highest BCUT2D eigenvalue weighted by Gasteiger charge is 2.34. The van der Waals surface area contributed by atoms with Gasteiger partial charge in [0, 0.05) is 32.7 Å². The molecule has 1 saturated heterocycles. The molecule has 0 bridgehead atoms. The van der Waals surface area contributed by atoms with Crippen LogP contribution in [-0.4, -0.2) is 55.0 Å². The molecule has 0 radical (unpaired) electrons. The van der Waals surface area contributed by atoms with Gasteiger partial charge in [-0.2, -0.15) is 0 Å². The number of amides is 1. The Hall–Kier alpha value is -0.610. The lowest BCUT2D eigenvalue weighted by Gasteiger charge is -2.42. The van der Waals surface area contributed by atoms with E-state index >= 15 is 0 Å². The SMILES string of the molecule is CN(CC1CCCCC1)C(=O)CN1CCC(N)C(C)(C)C1. The second kappa shape index (κ2) is 7.10. The third kappa shape index (κ3) is 4.68. The molecule has 2 rings (SSSR count). The summed E-state index contributed by atoms with van der Waals surface area (Å²) in [7, 11) is 1.97. The lowest BCUT2D eigenvalue weighted by atomic mass is 9.80. The minimum atomic E-state index is 0.112. The maximum absolute atomic E-state index is 12.4. The van der Waals surface area contributed by atoms with Crippen LogP contribution >= 0.6 is 0 Å². The van der Waals surface area contributed by atoms with Crippen molar-refractivity contribution in [2.75, 3.05) is 33.2 Å². The van der Waals surface area contributed by atoms with E-state index in [-0.39, 0.29) is 17.4 Å². The van der Waals surface area contributed by atoms with E-state index in [1.54, 1.807) is 0 Å². The molecule has 0 aromatic carbocycles. The van der Waals surface area contributed by atoms with E-state index in [0.717, 1.165) is 32.0 Å². The molecule has 2 N–H and O–H groups in total. The van der Waals surface area contributed by atoms with Crippen molar-refractivity contribution in [3.05, 3.63) is 0 Å². The lowest BCUT2D eigenvalue weighted by molar-refractivity contribution is -0.132. The molecule has 1 aliphatic heterocycles. The number of rotatable bonds is 4. The molecule has 4 heteroatoms. The number of hydrogen-bond donors (Lipinski definition) is 1. The van der Waals surface area contributed by atoms with Crippen LogP contribution in [0.3, 0.4) is 0 Å². The second-order valence-electron chi connectivity index (χ2n) is 7.87. The standard InChI is InChI=1S/C17H33N3O/c1-17(2)13-20(10-9-15(17)18)12-16(21)19(3)11-14-7-5-4-6-8-14/h14-15H,4-13,18H2,1-3H3. The number of nitrogens with two attached hydrogens (primary N) is 1.